The lowest BCUT2D eigenvalue weighted by Crippen LogP contribution is -2.44. The maximum Gasteiger partial charge on any atom is 0.323 e. The van der Waals surface area contributed by atoms with Gasteiger partial charge in [-0.25, -0.2) is 4.79 Å². The van der Waals surface area contributed by atoms with E-state index in [2.05, 4.69) is 11.4 Å². The first-order valence-electron chi connectivity index (χ1n) is 5.94. The average molecular weight is 248 g/mol. The van der Waals surface area contributed by atoms with Crippen LogP contribution in [0.15, 0.2) is 18.2 Å². The zero-order valence-electron chi connectivity index (χ0n) is 10.3. The van der Waals surface area contributed by atoms with Crippen molar-refractivity contribution in [3.05, 3.63) is 29.3 Å². The highest BCUT2D eigenvalue weighted by molar-refractivity contribution is 5.94. The number of carboxylic acid groups (broad SMARTS) is 1. The van der Waals surface area contributed by atoms with Crippen LogP contribution in [0.25, 0.3) is 0 Å². The molecule has 2 rings (SSSR count). The second-order valence-corrected chi connectivity index (χ2v) is 4.44. The van der Waals surface area contributed by atoms with E-state index in [0.29, 0.717) is 6.54 Å². The number of carbonyl (C=O) groups is 2. The van der Waals surface area contributed by atoms with Gasteiger partial charge in [0.05, 0.1) is 0 Å². The SMILES string of the molecule is Cc1ccc2c(c1)CCCN2C(=O)NCC(=O)O. The molecule has 2 N–H and O–H groups in total. The molecule has 2 amide bonds. The van der Waals surface area contributed by atoms with E-state index in [1.807, 2.05) is 19.1 Å². The number of urea groups is 1. The minimum Gasteiger partial charge on any atom is -0.480 e. The molecule has 0 saturated heterocycles. The lowest BCUT2D eigenvalue weighted by molar-refractivity contribution is -0.135. The van der Waals surface area contributed by atoms with Crippen LogP contribution in [-0.2, 0) is 11.2 Å². The molecule has 1 aliphatic heterocycles. The van der Waals surface area contributed by atoms with Gasteiger partial charge in [0.1, 0.15) is 6.54 Å². The molecule has 5 heteroatoms. The number of rotatable bonds is 2. The summed E-state index contributed by atoms with van der Waals surface area (Å²) in [7, 11) is 0. The van der Waals surface area contributed by atoms with E-state index in [9.17, 15) is 9.59 Å². The molecule has 0 aliphatic carbocycles. The Morgan fingerprint density at radius 1 is 1.44 bits per heavy atom. The molecular formula is C13H16N2O3. The number of aryl methyl sites for hydroxylation is 2. The summed E-state index contributed by atoms with van der Waals surface area (Å²) in [6.45, 7) is 2.29. The van der Waals surface area contributed by atoms with Crippen LogP contribution >= 0.6 is 0 Å². The molecule has 0 bridgehead atoms. The summed E-state index contributed by atoms with van der Waals surface area (Å²) >= 11 is 0. The second kappa shape index (κ2) is 5.08. The minimum atomic E-state index is -1.04. The highest BCUT2D eigenvalue weighted by Crippen LogP contribution is 2.27. The highest BCUT2D eigenvalue weighted by atomic mass is 16.4. The van der Waals surface area contributed by atoms with Crippen LogP contribution in [0.4, 0.5) is 10.5 Å². The van der Waals surface area contributed by atoms with E-state index in [-0.39, 0.29) is 12.6 Å². The Balaban J connectivity index is 2.17. The first kappa shape index (κ1) is 12.4. The maximum atomic E-state index is 11.9. The van der Waals surface area contributed by atoms with Gasteiger partial charge in [-0.1, -0.05) is 17.7 Å². The predicted molar refractivity (Wildman–Crippen MR) is 67.9 cm³/mol. The van der Waals surface area contributed by atoms with Crippen LogP contribution in [-0.4, -0.2) is 30.2 Å². The number of nitrogens with zero attached hydrogens (tertiary/aromatic N) is 1. The summed E-state index contributed by atoms with van der Waals surface area (Å²) in [5.41, 5.74) is 3.20. The number of amides is 2. The van der Waals surface area contributed by atoms with Gasteiger partial charge in [0, 0.05) is 12.2 Å². The molecule has 1 aromatic rings. The summed E-state index contributed by atoms with van der Waals surface area (Å²) in [4.78, 5) is 24.0. The molecular weight excluding hydrogens is 232 g/mol. The van der Waals surface area contributed by atoms with Crippen molar-refractivity contribution in [3.63, 3.8) is 0 Å². The third kappa shape index (κ3) is 2.61. The number of aliphatic carboxylic acids is 1. The highest BCUT2D eigenvalue weighted by Gasteiger charge is 2.22. The molecule has 1 heterocycles. The fourth-order valence-corrected chi connectivity index (χ4v) is 2.18. The van der Waals surface area contributed by atoms with Gasteiger partial charge in [0.2, 0.25) is 0 Å². The summed E-state index contributed by atoms with van der Waals surface area (Å²) in [5.74, 6) is -1.04. The zero-order chi connectivity index (χ0) is 13.1. The van der Waals surface area contributed by atoms with Gasteiger partial charge in [0.15, 0.2) is 0 Å². The Morgan fingerprint density at radius 2 is 2.22 bits per heavy atom. The summed E-state index contributed by atoms with van der Waals surface area (Å²) in [6, 6.07) is 5.61. The molecule has 0 atom stereocenters. The fraction of sp³-hybridized carbons (Fsp3) is 0.385. The average Bonchev–Trinajstić information content (AvgIpc) is 2.34. The normalized spacial score (nSPS) is 13.9. The molecule has 5 nitrogen and oxygen atoms in total. The topological polar surface area (TPSA) is 69.6 Å². The number of benzene rings is 1. The molecule has 18 heavy (non-hydrogen) atoms. The zero-order valence-corrected chi connectivity index (χ0v) is 10.3. The van der Waals surface area contributed by atoms with Crippen molar-refractivity contribution >= 4 is 17.7 Å². The van der Waals surface area contributed by atoms with Gasteiger partial charge in [-0.05, 0) is 31.4 Å². The van der Waals surface area contributed by atoms with E-state index < -0.39 is 5.97 Å². The van der Waals surface area contributed by atoms with Gasteiger partial charge >= 0.3 is 12.0 Å². The van der Waals surface area contributed by atoms with Crippen molar-refractivity contribution in [1.82, 2.24) is 5.32 Å². The number of nitrogens with one attached hydrogen (secondary N) is 1. The molecule has 1 aliphatic rings. The Kier molecular flexibility index (Phi) is 3.50. The Labute approximate surface area is 105 Å². The van der Waals surface area contributed by atoms with Crippen LogP contribution in [0.5, 0.6) is 0 Å². The van der Waals surface area contributed by atoms with Gasteiger partial charge in [0.25, 0.3) is 0 Å². The summed E-state index contributed by atoms with van der Waals surface area (Å²) in [5, 5.41) is 11.0. The third-order valence-electron chi connectivity index (χ3n) is 2.99. The van der Waals surface area contributed by atoms with E-state index in [0.717, 1.165) is 24.1 Å². The van der Waals surface area contributed by atoms with E-state index in [4.69, 9.17) is 5.11 Å². The molecule has 0 spiro atoms. The van der Waals surface area contributed by atoms with Crippen LogP contribution in [0.1, 0.15) is 17.5 Å². The Hall–Kier alpha value is -2.04. The standard InChI is InChI=1S/C13H16N2O3/c1-9-4-5-11-10(7-9)3-2-6-15(11)13(18)14-8-12(16)17/h4-5,7H,2-3,6,8H2,1H3,(H,14,18)(H,16,17). The van der Waals surface area contributed by atoms with Crippen LogP contribution < -0.4 is 10.2 Å². The Morgan fingerprint density at radius 3 is 2.94 bits per heavy atom. The quantitative estimate of drug-likeness (QED) is 0.834. The largest absolute Gasteiger partial charge is 0.480 e. The fourth-order valence-electron chi connectivity index (χ4n) is 2.18. The number of carbonyl (C=O) groups excluding carboxylic acids is 1. The molecule has 0 unspecified atom stereocenters. The van der Waals surface area contributed by atoms with Crippen molar-refractivity contribution in [2.24, 2.45) is 0 Å². The number of hydrogen-bond donors (Lipinski definition) is 2. The first-order valence-corrected chi connectivity index (χ1v) is 5.94. The first-order chi connectivity index (χ1) is 8.58. The minimum absolute atomic E-state index is 0.345. The smallest absolute Gasteiger partial charge is 0.323 e. The summed E-state index contributed by atoms with van der Waals surface area (Å²) < 4.78 is 0. The van der Waals surface area contributed by atoms with Crippen LogP contribution in [0.3, 0.4) is 0 Å². The van der Waals surface area contributed by atoms with Crippen molar-refractivity contribution in [2.75, 3.05) is 18.0 Å². The maximum absolute atomic E-state index is 11.9. The molecule has 0 saturated carbocycles. The predicted octanol–water partition coefficient (Wildman–Crippen LogP) is 1.54. The number of carboxylic acids is 1. The lowest BCUT2D eigenvalue weighted by atomic mass is 10.00. The van der Waals surface area contributed by atoms with Crippen molar-refractivity contribution in [1.29, 1.82) is 0 Å². The molecule has 0 radical (unpaired) electrons. The van der Waals surface area contributed by atoms with Crippen LogP contribution in [0.2, 0.25) is 0 Å². The molecule has 1 aromatic carbocycles. The van der Waals surface area contributed by atoms with Crippen molar-refractivity contribution < 1.29 is 14.7 Å². The lowest BCUT2D eigenvalue weighted by Gasteiger charge is -2.29. The molecule has 0 fully saturated rings. The Bertz CT molecular complexity index is 485. The van der Waals surface area contributed by atoms with E-state index in [1.165, 1.54) is 5.56 Å². The van der Waals surface area contributed by atoms with Gasteiger partial charge < -0.3 is 10.4 Å². The molecule has 0 aromatic heterocycles. The monoisotopic (exact) mass is 248 g/mol. The second-order valence-electron chi connectivity index (χ2n) is 4.44. The van der Waals surface area contributed by atoms with Crippen LogP contribution in [0, 0.1) is 6.92 Å². The van der Waals surface area contributed by atoms with Gasteiger partial charge in [-0.3, -0.25) is 9.69 Å². The number of hydrogen-bond acceptors (Lipinski definition) is 2. The van der Waals surface area contributed by atoms with E-state index in [1.54, 1.807) is 4.90 Å². The van der Waals surface area contributed by atoms with Gasteiger partial charge in [-0.15, -0.1) is 0 Å². The third-order valence-corrected chi connectivity index (χ3v) is 2.99. The van der Waals surface area contributed by atoms with Gasteiger partial charge in [-0.2, -0.15) is 0 Å². The molecule has 96 valence electrons. The number of fused-ring (bicyclic) bond motifs is 1. The summed E-state index contributed by atoms with van der Waals surface area (Å²) in [6.07, 6.45) is 1.86. The van der Waals surface area contributed by atoms with Crippen molar-refractivity contribution in [3.8, 4) is 0 Å². The van der Waals surface area contributed by atoms with E-state index >= 15 is 0 Å². The number of anilines is 1. The van der Waals surface area contributed by atoms with Crippen molar-refractivity contribution in [2.45, 2.75) is 19.8 Å².